The molecule has 6 nitrogen and oxygen atoms in total. The normalized spacial score (nSPS) is 20.3. The van der Waals surface area contributed by atoms with Crippen molar-refractivity contribution < 1.29 is 17.6 Å². The Morgan fingerprint density at radius 3 is 2.67 bits per heavy atom. The van der Waals surface area contributed by atoms with Gasteiger partial charge in [0.1, 0.15) is 16.4 Å². The monoisotopic (exact) mass is 316 g/mol. The third-order valence-corrected chi connectivity index (χ3v) is 5.98. The summed E-state index contributed by atoms with van der Waals surface area (Å²) in [7, 11) is -1.92. The van der Waals surface area contributed by atoms with Crippen molar-refractivity contribution in [2.24, 2.45) is 0 Å². The predicted octanol–water partition coefficient (Wildman–Crippen LogP) is 1.42. The molecule has 0 amide bonds. The molecule has 1 aliphatic rings. The van der Waals surface area contributed by atoms with E-state index in [-0.39, 0.29) is 6.10 Å². The van der Waals surface area contributed by atoms with Crippen LogP contribution in [0, 0.1) is 13.8 Å². The Morgan fingerprint density at radius 1 is 1.38 bits per heavy atom. The molecular weight excluding hydrogens is 292 g/mol. The topological polar surface area (TPSA) is 71.8 Å². The van der Waals surface area contributed by atoms with Gasteiger partial charge >= 0.3 is 0 Å². The number of nitrogens with one attached hydrogen (secondary N) is 1. The Bertz CT molecular complexity index is 594. The highest BCUT2D eigenvalue weighted by atomic mass is 32.2. The maximum Gasteiger partial charge on any atom is 0.246 e. The molecule has 1 unspecified atom stereocenters. The fourth-order valence-corrected chi connectivity index (χ4v) is 4.64. The molecule has 0 bridgehead atoms. The average molecular weight is 316 g/mol. The van der Waals surface area contributed by atoms with Gasteiger partial charge in [0, 0.05) is 32.3 Å². The van der Waals surface area contributed by atoms with Crippen LogP contribution < -0.4 is 5.32 Å². The highest BCUT2D eigenvalue weighted by Gasteiger charge is 2.36. The van der Waals surface area contributed by atoms with E-state index in [9.17, 15) is 8.42 Å². The van der Waals surface area contributed by atoms with Crippen LogP contribution in [0.15, 0.2) is 9.31 Å². The van der Waals surface area contributed by atoms with E-state index in [2.05, 4.69) is 5.32 Å². The van der Waals surface area contributed by atoms with Crippen LogP contribution in [0.2, 0.25) is 0 Å². The predicted molar refractivity (Wildman–Crippen MR) is 79.7 cm³/mol. The van der Waals surface area contributed by atoms with Gasteiger partial charge in [-0.3, -0.25) is 0 Å². The van der Waals surface area contributed by atoms with Gasteiger partial charge in [-0.15, -0.1) is 0 Å². The lowest BCUT2D eigenvalue weighted by molar-refractivity contribution is 0.115. The number of furan rings is 1. The van der Waals surface area contributed by atoms with E-state index in [1.807, 2.05) is 6.92 Å². The Labute approximate surface area is 126 Å². The number of rotatable bonds is 6. The van der Waals surface area contributed by atoms with Crippen molar-refractivity contribution in [1.82, 2.24) is 9.62 Å². The smallest absolute Gasteiger partial charge is 0.246 e. The number of sulfonamides is 1. The van der Waals surface area contributed by atoms with Crippen LogP contribution in [-0.4, -0.2) is 45.6 Å². The van der Waals surface area contributed by atoms with Crippen LogP contribution in [0.1, 0.15) is 30.4 Å². The third kappa shape index (κ3) is 3.15. The number of nitrogens with zero attached hydrogens (tertiary/aromatic N) is 1. The van der Waals surface area contributed by atoms with Crippen molar-refractivity contribution in [3.05, 3.63) is 17.1 Å². The number of hydrogen-bond donors (Lipinski definition) is 1. The molecule has 0 aliphatic carbocycles. The van der Waals surface area contributed by atoms with E-state index in [0.717, 1.165) is 18.5 Å². The number of aryl methyl sites for hydroxylation is 2. The Morgan fingerprint density at radius 2 is 2.10 bits per heavy atom. The second kappa shape index (κ2) is 6.48. The second-order valence-corrected chi connectivity index (χ2v) is 7.19. The molecule has 1 aliphatic heterocycles. The summed E-state index contributed by atoms with van der Waals surface area (Å²) in [6.07, 6.45) is 0.707. The highest BCUT2D eigenvalue weighted by molar-refractivity contribution is 7.89. The lowest BCUT2D eigenvalue weighted by Crippen LogP contribution is -2.31. The summed E-state index contributed by atoms with van der Waals surface area (Å²) >= 11 is 0. The lowest BCUT2D eigenvalue weighted by Gasteiger charge is -2.17. The van der Waals surface area contributed by atoms with Gasteiger partial charge in [0.15, 0.2) is 0 Å². The van der Waals surface area contributed by atoms with Crippen LogP contribution in [-0.2, 0) is 21.3 Å². The van der Waals surface area contributed by atoms with Gasteiger partial charge in [-0.25, -0.2) is 8.42 Å². The molecule has 0 spiro atoms. The molecule has 1 atom stereocenters. The first-order valence-electron chi connectivity index (χ1n) is 7.24. The zero-order valence-electron chi connectivity index (χ0n) is 13.1. The van der Waals surface area contributed by atoms with Crippen molar-refractivity contribution in [3.8, 4) is 0 Å². The van der Waals surface area contributed by atoms with Gasteiger partial charge in [-0.2, -0.15) is 4.31 Å². The minimum Gasteiger partial charge on any atom is -0.465 e. The van der Waals surface area contributed by atoms with E-state index < -0.39 is 10.0 Å². The second-order valence-electron chi connectivity index (χ2n) is 5.31. The first-order chi connectivity index (χ1) is 9.91. The van der Waals surface area contributed by atoms with Crippen molar-refractivity contribution in [2.45, 2.75) is 44.7 Å². The third-order valence-electron chi connectivity index (χ3n) is 3.92. The standard InChI is InChI=1S/C14H24N2O4S/c1-5-15-8-13-10(2)20-11(3)14(13)21(17,18)16-7-6-12(9-16)19-4/h12,15H,5-9H2,1-4H3. The van der Waals surface area contributed by atoms with Crippen LogP contribution in [0.4, 0.5) is 0 Å². The molecule has 1 saturated heterocycles. The fraction of sp³-hybridized carbons (Fsp3) is 0.714. The van der Waals surface area contributed by atoms with Crippen LogP contribution in [0.5, 0.6) is 0 Å². The van der Waals surface area contributed by atoms with E-state index in [1.165, 1.54) is 4.31 Å². The van der Waals surface area contributed by atoms with Crippen molar-refractivity contribution >= 4 is 10.0 Å². The summed E-state index contributed by atoms with van der Waals surface area (Å²) in [5, 5.41) is 3.17. The fourth-order valence-electron chi connectivity index (χ4n) is 2.74. The molecular formula is C14H24N2O4S. The molecule has 21 heavy (non-hydrogen) atoms. The minimum atomic E-state index is -3.53. The molecule has 0 radical (unpaired) electrons. The molecule has 7 heteroatoms. The van der Waals surface area contributed by atoms with E-state index in [1.54, 1.807) is 21.0 Å². The molecule has 1 fully saturated rings. The van der Waals surface area contributed by atoms with Gasteiger partial charge in [-0.1, -0.05) is 6.92 Å². The zero-order valence-corrected chi connectivity index (χ0v) is 13.9. The van der Waals surface area contributed by atoms with Crippen molar-refractivity contribution in [3.63, 3.8) is 0 Å². The molecule has 2 heterocycles. The van der Waals surface area contributed by atoms with Gasteiger partial charge in [0.2, 0.25) is 10.0 Å². The molecule has 2 rings (SSSR count). The average Bonchev–Trinajstić information content (AvgIpc) is 3.01. The molecule has 1 aromatic heterocycles. The van der Waals surface area contributed by atoms with Crippen LogP contribution in [0.25, 0.3) is 0 Å². The molecule has 1 N–H and O–H groups in total. The van der Waals surface area contributed by atoms with Crippen LogP contribution >= 0.6 is 0 Å². The van der Waals surface area contributed by atoms with Gasteiger partial charge in [0.05, 0.1) is 6.10 Å². The maximum absolute atomic E-state index is 12.9. The summed E-state index contributed by atoms with van der Waals surface area (Å²) in [4.78, 5) is 0.317. The number of ether oxygens (including phenoxy) is 1. The summed E-state index contributed by atoms with van der Waals surface area (Å²) in [6.45, 7) is 7.67. The molecule has 0 saturated carbocycles. The molecule has 1 aromatic rings. The van der Waals surface area contributed by atoms with Gasteiger partial charge in [-0.05, 0) is 26.8 Å². The van der Waals surface area contributed by atoms with Crippen LogP contribution in [0.3, 0.4) is 0 Å². The lowest BCUT2D eigenvalue weighted by atomic mass is 10.2. The first kappa shape index (κ1) is 16.5. The van der Waals surface area contributed by atoms with Crippen molar-refractivity contribution in [1.29, 1.82) is 0 Å². The molecule has 120 valence electrons. The summed E-state index contributed by atoms with van der Waals surface area (Å²) in [5.74, 6) is 1.12. The summed E-state index contributed by atoms with van der Waals surface area (Å²) in [5.41, 5.74) is 0.732. The number of hydrogen-bond acceptors (Lipinski definition) is 5. The Kier molecular flexibility index (Phi) is 5.08. The van der Waals surface area contributed by atoms with Gasteiger partial charge in [0.25, 0.3) is 0 Å². The quantitative estimate of drug-likeness (QED) is 0.859. The SMILES string of the molecule is CCNCc1c(C)oc(C)c1S(=O)(=O)N1CCC(OC)C1. The van der Waals surface area contributed by atoms with E-state index >= 15 is 0 Å². The van der Waals surface area contributed by atoms with E-state index in [0.29, 0.717) is 36.1 Å². The summed E-state index contributed by atoms with van der Waals surface area (Å²) in [6, 6.07) is 0. The summed E-state index contributed by atoms with van der Waals surface area (Å²) < 4.78 is 38.1. The number of methoxy groups -OCH3 is 1. The van der Waals surface area contributed by atoms with Crippen molar-refractivity contribution in [2.75, 3.05) is 26.7 Å². The molecule has 0 aromatic carbocycles. The first-order valence-corrected chi connectivity index (χ1v) is 8.68. The largest absolute Gasteiger partial charge is 0.465 e. The zero-order chi connectivity index (χ0) is 15.6. The minimum absolute atomic E-state index is 0.0229. The maximum atomic E-state index is 12.9. The Hall–Kier alpha value is -0.890. The Balaban J connectivity index is 2.36. The highest BCUT2D eigenvalue weighted by Crippen LogP contribution is 2.31. The van der Waals surface area contributed by atoms with Gasteiger partial charge < -0.3 is 14.5 Å². The van der Waals surface area contributed by atoms with E-state index in [4.69, 9.17) is 9.15 Å².